The summed E-state index contributed by atoms with van der Waals surface area (Å²) in [4.78, 5) is 12.8. The zero-order chi connectivity index (χ0) is 28.1. The summed E-state index contributed by atoms with van der Waals surface area (Å²) in [6, 6.07) is 22.4. The molecule has 0 aliphatic heterocycles. The minimum absolute atomic E-state index is 0.0297. The normalized spacial score (nSPS) is 12.7. The first-order valence-corrected chi connectivity index (χ1v) is 12.9. The van der Waals surface area contributed by atoms with E-state index >= 15 is 0 Å². The molecule has 2 unspecified atom stereocenters. The van der Waals surface area contributed by atoms with Crippen molar-refractivity contribution in [2.45, 2.75) is 25.1 Å². The predicted molar refractivity (Wildman–Crippen MR) is 146 cm³/mol. The lowest BCUT2D eigenvalue weighted by molar-refractivity contribution is 0.101. The van der Waals surface area contributed by atoms with Gasteiger partial charge in [-0.2, -0.15) is 0 Å². The van der Waals surface area contributed by atoms with Crippen LogP contribution in [0.5, 0.6) is 0 Å². The monoisotopic (exact) mass is 652 g/mol. The first-order chi connectivity index (χ1) is 18.7. The van der Waals surface area contributed by atoms with Crippen LogP contribution in [0.15, 0.2) is 78.9 Å². The van der Waals surface area contributed by atoms with Crippen LogP contribution in [0.2, 0.25) is 0 Å². The number of carbonyl (C=O) groups is 1. The van der Waals surface area contributed by atoms with Crippen molar-refractivity contribution >= 4 is 34.2 Å². The number of aliphatic hydroxyl groups is 1. The van der Waals surface area contributed by atoms with Gasteiger partial charge in [0, 0.05) is 22.2 Å². The van der Waals surface area contributed by atoms with Crippen molar-refractivity contribution in [3.8, 4) is 0 Å². The summed E-state index contributed by atoms with van der Waals surface area (Å²) in [5.41, 5.74) is 0.538. The summed E-state index contributed by atoms with van der Waals surface area (Å²) in [5.74, 6) is -12.8. The van der Waals surface area contributed by atoms with Crippen molar-refractivity contribution in [1.82, 2.24) is 5.32 Å². The highest BCUT2D eigenvalue weighted by molar-refractivity contribution is 14.1. The third kappa shape index (κ3) is 6.63. The van der Waals surface area contributed by atoms with Gasteiger partial charge >= 0.3 is 0 Å². The van der Waals surface area contributed by atoms with Crippen molar-refractivity contribution in [1.29, 1.82) is 0 Å². The molecule has 0 bridgehead atoms. The third-order valence-corrected chi connectivity index (χ3v) is 6.75. The van der Waals surface area contributed by atoms with E-state index in [9.17, 15) is 31.9 Å². The topological polar surface area (TPSA) is 61.4 Å². The Balaban J connectivity index is 1.71. The highest BCUT2D eigenvalue weighted by atomic mass is 127. The third-order valence-electron chi connectivity index (χ3n) is 6.08. The number of hydrogen-bond acceptors (Lipinski definition) is 3. The molecule has 2 atom stereocenters. The number of halogens is 6. The van der Waals surface area contributed by atoms with Crippen molar-refractivity contribution in [2.24, 2.45) is 0 Å². The second kappa shape index (κ2) is 12.7. The Morgan fingerprint density at radius 3 is 1.90 bits per heavy atom. The summed E-state index contributed by atoms with van der Waals surface area (Å²) in [5, 5.41) is 16.9. The largest absolute Gasteiger partial charge is 0.391 e. The Hall–Kier alpha value is -3.35. The molecule has 1 amide bonds. The average Bonchev–Trinajstić information content (AvgIpc) is 2.93. The Morgan fingerprint density at radius 2 is 1.31 bits per heavy atom. The molecule has 0 saturated carbocycles. The molecule has 0 fully saturated rings. The lowest BCUT2D eigenvalue weighted by Gasteiger charge is -2.27. The van der Waals surface area contributed by atoms with Gasteiger partial charge in [-0.1, -0.05) is 60.7 Å². The molecular formula is C29H22F5IN2O2. The fourth-order valence-corrected chi connectivity index (χ4v) is 4.66. The number of aliphatic hydroxyl groups excluding tert-OH is 1. The Morgan fingerprint density at radius 1 is 0.769 bits per heavy atom. The number of rotatable bonds is 9. The molecule has 0 heterocycles. The number of amides is 1. The summed E-state index contributed by atoms with van der Waals surface area (Å²) < 4.78 is 70.4. The fraction of sp³-hybridized carbons (Fsp3) is 0.138. The first kappa shape index (κ1) is 28.7. The van der Waals surface area contributed by atoms with Crippen LogP contribution in [0.25, 0.3) is 0 Å². The number of nitrogens with one attached hydrogen (secondary N) is 2. The van der Waals surface area contributed by atoms with Crippen molar-refractivity contribution in [3.63, 3.8) is 0 Å². The van der Waals surface area contributed by atoms with Crippen LogP contribution in [0.1, 0.15) is 33.1 Å². The average molecular weight is 652 g/mol. The van der Waals surface area contributed by atoms with E-state index in [4.69, 9.17) is 0 Å². The molecule has 0 aliphatic carbocycles. The Kier molecular flexibility index (Phi) is 9.31. The SMILES string of the molecule is O=C(Nc1ccc(I)cc1C(NCc1ccccc1)C(O)Cc1ccccc1)c1c(F)c(F)c(F)c(F)c1F. The smallest absolute Gasteiger partial charge is 0.261 e. The predicted octanol–water partition coefficient (Wildman–Crippen LogP) is 6.67. The second-order valence-electron chi connectivity index (χ2n) is 8.73. The van der Waals surface area contributed by atoms with Crippen molar-refractivity contribution in [3.05, 3.63) is 134 Å². The number of benzene rings is 4. The van der Waals surface area contributed by atoms with Crippen LogP contribution in [-0.2, 0) is 13.0 Å². The minimum atomic E-state index is -2.36. The van der Waals surface area contributed by atoms with Gasteiger partial charge in [0.15, 0.2) is 23.3 Å². The van der Waals surface area contributed by atoms with Crippen LogP contribution < -0.4 is 10.6 Å². The molecule has 0 radical (unpaired) electrons. The first-order valence-electron chi connectivity index (χ1n) is 11.8. The molecular weight excluding hydrogens is 630 g/mol. The van der Waals surface area contributed by atoms with Crippen molar-refractivity contribution in [2.75, 3.05) is 5.32 Å². The van der Waals surface area contributed by atoms with E-state index in [0.717, 1.165) is 14.7 Å². The maximum Gasteiger partial charge on any atom is 0.261 e. The van der Waals surface area contributed by atoms with E-state index in [2.05, 4.69) is 10.6 Å². The van der Waals surface area contributed by atoms with Gasteiger partial charge in [-0.15, -0.1) is 0 Å². The van der Waals surface area contributed by atoms with Crippen LogP contribution in [0.4, 0.5) is 27.6 Å². The van der Waals surface area contributed by atoms with Gasteiger partial charge in [0.05, 0.1) is 12.1 Å². The van der Waals surface area contributed by atoms with E-state index < -0.39 is 52.7 Å². The molecule has 3 N–H and O–H groups in total. The van der Waals surface area contributed by atoms with Gasteiger partial charge in [-0.3, -0.25) is 4.79 Å². The van der Waals surface area contributed by atoms with E-state index in [1.54, 1.807) is 12.1 Å². The van der Waals surface area contributed by atoms with Crippen LogP contribution in [0, 0.1) is 32.7 Å². The standard InChI is InChI=1S/C29H22F5IN2O2/c30-23-22(24(31)26(33)27(34)25(23)32)29(39)37-20-12-11-18(35)14-19(20)28(36-15-17-9-5-2-6-10-17)21(38)13-16-7-3-1-4-8-16/h1-12,14,21,28,36,38H,13,15H2,(H,37,39). The zero-order valence-corrected chi connectivity index (χ0v) is 22.4. The lowest BCUT2D eigenvalue weighted by Crippen LogP contribution is -2.34. The molecule has 4 aromatic carbocycles. The van der Waals surface area contributed by atoms with E-state index in [0.29, 0.717) is 12.1 Å². The molecule has 4 aromatic rings. The van der Waals surface area contributed by atoms with Crippen LogP contribution in [0.3, 0.4) is 0 Å². The van der Waals surface area contributed by atoms with Gasteiger partial charge in [0.1, 0.15) is 5.56 Å². The number of anilines is 1. The Bertz CT molecular complexity index is 1440. The maximum atomic E-state index is 14.3. The molecule has 39 heavy (non-hydrogen) atoms. The van der Waals surface area contributed by atoms with Gasteiger partial charge < -0.3 is 15.7 Å². The van der Waals surface area contributed by atoms with Gasteiger partial charge in [0.25, 0.3) is 5.91 Å². The Labute approximate surface area is 235 Å². The van der Waals surface area contributed by atoms with Gasteiger partial charge in [-0.05, 0) is 57.5 Å². The van der Waals surface area contributed by atoms with Crippen LogP contribution >= 0.6 is 22.6 Å². The molecule has 4 rings (SSSR count). The summed E-state index contributed by atoms with van der Waals surface area (Å²) in [6.07, 6.45) is -0.803. The van der Waals surface area contributed by atoms with Gasteiger partial charge in [0.2, 0.25) is 5.82 Å². The molecule has 10 heteroatoms. The molecule has 0 saturated heterocycles. The molecule has 202 valence electrons. The molecule has 4 nitrogen and oxygen atoms in total. The molecule has 0 aromatic heterocycles. The summed E-state index contributed by atoms with van der Waals surface area (Å²) in [6.45, 7) is 0.327. The van der Waals surface area contributed by atoms with Crippen molar-refractivity contribution < 1.29 is 31.9 Å². The maximum absolute atomic E-state index is 14.3. The summed E-state index contributed by atoms with van der Waals surface area (Å²) >= 11 is 2.03. The van der Waals surface area contributed by atoms with Crippen LogP contribution in [-0.4, -0.2) is 17.1 Å². The lowest BCUT2D eigenvalue weighted by atomic mass is 9.94. The molecule has 0 spiro atoms. The minimum Gasteiger partial charge on any atom is -0.391 e. The van der Waals surface area contributed by atoms with E-state index in [-0.39, 0.29) is 12.1 Å². The van der Waals surface area contributed by atoms with Gasteiger partial charge in [-0.25, -0.2) is 22.0 Å². The number of hydrogen-bond donors (Lipinski definition) is 3. The number of carbonyl (C=O) groups excluding carboxylic acids is 1. The zero-order valence-electron chi connectivity index (χ0n) is 20.2. The quantitative estimate of drug-likeness (QED) is 0.0820. The highest BCUT2D eigenvalue weighted by Crippen LogP contribution is 2.31. The second-order valence-corrected chi connectivity index (χ2v) is 9.98. The van der Waals surface area contributed by atoms with E-state index in [1.807, 2.05) is 83.3 Å². The van der Waals surface area contributed by atoms with E-state index in [1.165, 1.54) is 6.07 Å². The highest BCUT2D eigenvalue weighted by Gasteiger charge is 2.31. The summed E-state index contributed by atoms with van der Waals surface area (Å²) in [7, 11) is 0. The fourth-order valence-electron chi connectivity index (χ4n) is 4.14. The molecule has 0 aliphatic rings.